The molecule has 1 aromatic carbocycles. The van der Waals surface area contributed by atoms with Crippen LogP contribution in [0.2, 0.25) is 0 Å². The minimum absolute atomic E-state index is 0.135. The largest absolute Gasteiger partial charge is 0.462 e. The van der Waals surface area contributed by atoms with Crippen LogP contribution in [0.3, 0.4) is 0 Å². The first-order valence-electron chi connectivity index (χ1n) is 4.78. The van der Waals surface area contributed by atoms with Gasteiger partial charge in [-0.2, -0.15) is 0 Å². The number of rotatable bonds is 2. The molecule has 0 aliphatic carbocycles. The number of esters is 2. The zero-order valence-corrected chi connectivity index (χ0v) is 9.90. The van der Waals surface area contributed by atoms with Gasteiger partial charge in [0, 0.05) is 4.47 Å². The van der Waals surface area contributed by atoms with Gasteiger partial charge in [0.2, 0.25) is 0 Å². The van der Waals surface area contributed by atoms with Crippen molar-refractivity contribution >= 4 is 27.9 Å². The summed E-state index contributed by atoms with van der Waals surface area (Å²) in [5.74, 6) is -0.777. The second-order valence-electron chi connectivity index (χ2n) is 3.39. The van der Waals surface area contributed by atoms with E-state index in [1.165, 1.54) is 0 Å². The predicted molar refractivity (Wildman–Crippen MR) is 58.9 cm³/mol. The average Bonchev–Trinajstić information content (AvgIpc) is 2.64. The Hall–Kier alpha value is -1.36. The van der Waals surface area contributed by atoms with E-state index in [9.17, 15) is 9.59 Å². The summed E-state index contributed by atoms with van der Waals surface area (Å²) in [6.45, 7) is 0.148. The molecule has 4 nitrogen and oxygen atoms in total. The van der Waals surface area contributed by atoms with E-state index < -0.39 is 12.1 Å². The van der Waals surface area contributed by atoms with E-state index in [2.05, 4.69) is 15.9 Å². The van der Waals surface area contributed by atoms with Crippen molar-refractivity contribution < 1.29 is 19.1 Å². The zero-order chi connectivity index (χ0) is 11.5. The molecule has 1 aliphatic heterocycles. The van der Waals surface area contributed by atoms with E-state index in [-0.39, 0.29) is 19.0 Å². The molecule has 0 saturated carbocycles. The monoisotopic (exact) mass is 284 g/mol. The molecule has 1 aliphatic rings. The molecule has 84 valence electrons. The van der Waals surface area contributed by atoms with Gasteiger partial charge >= 0.3 is 11.9 Å². The second-order valence-corrected chi connectivity index (χ2v) is 4.25. The minimum atomic E-state index is -0.466. The molecule has 0 unspecified atom stereocenters. The Morgan fingerprint density at radius 2 is 2.19 bits per heavy atom. The topological polar surface area (TPSA) is 52.6 Å². The van der Waals surface area contributed by atoms with Gasteiger partial charge in [0.1, 0.15) is 12.7 Å². The minimum Gasteiger partial charge on any atom is -0.462 e. The quantitative estimate of drug-likeness (QED) is 0.779. The summed E-state index contributed by atoms with van der Waals surface area (Å²) in [5, 5.41) is 0. The molecule has 0 N–H and O–H groups in total. The van der Waals surface area contributed by atoms with Gasteiger partial charge in [0.25, 0.3) is 0 Å². The van der Waals surface area contributed by atoms with Crippen LogP contribution in [0.4, 0.5) is 0 Å². The smallest absolute Gasteiger partial charge is 0.339 e. The fourth-order valence-electron chi connectivity index (χ4n) is 1.41. The molecule has 1 saturated heterocycles. The van der Waals surface area contributed by atoms with Gasteiger partial charge in [-0.1, -0.05) is 12.1 Å². The van der Waals surface area contributed by atoms with Crippen LogP contribution >= 0.6 is 15.9 Å². The normalized spacial score (nSPS) is 19.3. The van der Waals surface area contributed by atoms with E-state index in [0.29, 0.717) is 10.0 Å². The maximum atomic E-state index is 11.7. The van der Waals surface area contributed by atoms with Crippen molar-refractivity contribution in [3.63, 3.8) is 0 Å². The molecule has 1 fully saturated rings. The van der Waals surface area contributed by atoms with Crippen molar-refractivity contribution in [1.82, 2.24) is 0 Å². The third-order valence-corrected chi connectivity index (χ3v) is 2.88. The van der Waals surface area contributed by atoms with E-state index >= 15 is 0 Å². The van der Waals surface area contributed by atoms with E-state index in [4.69, 9.17) is 9.47 Å². The van der Waals surface area contributed by atoms with Gasteiger partial charge in [-0.05, 0) is 28.1 Å². The fourth-order valence-corrected chi connectivity index (χ4v) is 1.85. The summed E-state index contributed by atoms with van der Waals surface area (Å²) in [7, 11) is 0. The van der Waals surface area contributed by atoms with Crippen LogP contribution in [0.15, 0.2) is 28.7 Å². The van der Waals surface area contributed by atoms with Gasteiger partial charge in [-0.15, -0.1) is 0 Å². The number of ether oxygens (including phenoxy) is 2. The molecular weight excluding hydrogens is 276 g/mol. The summed E-state index contributed by atoms with van der Waals surface area (Å²) >= 11 is 3.26. The number of cyclic esters (lactones) is 1. The molecule has 0 amide bonds. The predicted octanol–water partition coefficient (Wildman–Crippen LogP) is 1.92. The first-order valence-corrected chi connectivity index (χ1v) is 5.57. The summed E-state index contributed by atoms with van der Waals surface area (Å²) < 4.78 is 10.5. The fraction of sp³-hybridized carbons (Fsp3) is 0.273. The van der Waals surface area contributed by atoms with Gasteiger partial charge in [0.15, 0.2) is 0 Å². The molecule has 0 spiro atoms. The lowest BCUT2D eigenvalue weighted by molar-refractivity contribution is -0.137. The summed E-state index contributed by atoms with van der Waals surface area (Å²) in [6, 6.07) is 6.97. The van der Waals surface area contributed by atoms with Crippen molar-refractivity contribution in [2.75, 3.05) is 6.61 Å². The zero-order valence-electron chi connectivity index (χ0n) is 8.31. The molecular formula is C11H9BrO4. The van der Waals surface area contributed by atoms with Gasteiger partial charge in [-0.25, -0.2) is 4.79 Å². The highest BCUT2D eigenvalue weighted by Gasteiger charge is 2.27. The molecule has 1 heterocycles. The number of benzene rings is 1. The number of carbonyl (C=O) groups excluding carboxylic acids is 2. The number of hydrogen-bond acceptors (Lipinski definition) is 4. The van der Waals surface area contributed by atoms with E-state index in [0.717, 1.165) is 0 Å². The Balaban J connectivity index is 2.03. The Labute approximate surface area is 101 Å². The van der Waals surface area contributed by atoms with Crippen molar-refractivity contribution in [3.05, 3.63) is 34.3 Å². The van der Waals surface area contributed by atoms with Gasteiger partial charge in [-0.3, -0.25) is 4.79 Å². The van der Waals surface area contributed by atoms with Gasteiger partial charge < -0.3 is 9.47 Å². The van der Waals surface area contributed by atoms with Crippen LogP contribution in [0.25, 0.3) is 0 Å². The van der Waals surface area contributed by atoms with Gasteiger partial charge in [0.05, 0.1) is 12.0 Å². The summed E-state index contributed by atoms with van der Waals surface area (Å²) in [4.78, 5) is 22.5. The van der Waals surface area contributed by atoms with Crippen molar-refractivity contribution in [1.29, 1.82) is 0 Å². The third kappa shape index (κ3) is 2.41. The molecule has 0 aromatic heterocycles. The lowest BCUT2D eigenvalue weighted by Crippen LogP contribution is -2.18. The number of halogens is 1. The first-order chi connectivity index (χ1) is 7.66. The lowest BCUT2D eigenvalue weighted by atomic mass is 10.2. The van der Waals surface area contributed by atoms with Crippen LogP contribution < -0.4 is 0 Å². The maximum absolute atomic E-state index is 11.7. The highest BCUT2D eigenvalue weighted by molar-refractivity contribution is 9.10. The first kappa shape index (κ1) is 11.1. The summed E-state index contributed by atoms with van der Waals surface area (Å²) in [5.41, 5.74) is 0.446. The average molecular weight is 285 g/mol. The summed E-state index contributed by atoms with van der Waals surface area (Å²) in [6.07, 6.45) is -0.331. The third-order valence-electron chi connectivity index (χ3n) is 2.19. The molecule has 5 heteroatoms. The van der Waals surface area contributed by atoms with Crippen LogP contribution in [-0.2, 0) is 14.3 Å². The number of carbonyl (C=O) groups is 2. The molecule has 16 heavy (non-hydrogen) atoms. The molecule has 2 rings (SSSR count). The Morgan fingerprint density at radius 1 is 1.44 bits per heavy atom. The maximum Gasteiger partial charge on any atom is 0.339 e. The Morgan fingerprint density at radius 3 is 2.81 bits per heavy atom. The Bertz CT molecular complexity index is 430. The van der Waals surface area contributed by atoms with Crippen LogP contribution in [0.5, 0.6) is 0 Å². The molecule has 0 radical (unpaired) electrons. The highest BCUT2D eigenvalue weighted by Crippen LogP contribution is 2.19. The SMILES string of the molecule is O=C1C[C@@H](OC(=O)c2ccccc2Br)CO1. The van der Waals surface area contributed by atoms with Crippen molar-refractivity contribution in [2.45, 2.75) is 12.5 Å². The molecule has 0 bridgehead atoms. The Kier molecular flexibility index (Phi) is 3.24. The van der Waals surface area contributed by atoms with Crippen LogP contribution in [-0.4, -0.2) is 24.6 Å². The highest BCUT2D eigenvalue weighted by atomic mass is 79.9. The lowest BCUT2D eigenvalue weighted by Gasteiger charge is -2.09. The van der Waals surface area contributed by atoms with Crippen molar-refractivity contribution in [3.8, 4) is 0 Å². The van der Waals surface area contributed by atoms with E-state index in [1.807, 2.05) is 6.07 Å². The molecule has 1 aromatic rings. The van der Waals surface area contributed by atoms with Crippen LogP contribution in [0, 0.1) is 0 Å². The standard InChI is InChI=1S/C11H9BrO4/c12-9-4-2-1-3-8(9)11(14)16-7-5-10(13)15-6-7/h1-4,7H,5-6H2/t7-/m1/s1. The van der Waals surface area contributed by atoms with Crippen LogP contribution in [0.1, 0.15) is 16.8 Å². The molecule has 1 atom stereocenters. The van der Waals surface area contributed by atoms with E-state index in [1.54, 1.807) is 18.2 Å². The number of hydrogen-bond donors (Lipinski definition) is 0. The van der Waals surface area contributed by atoms with Crippen molar-refractivity contribution in [2.24, 2.45) is 0 Å². The second kappa shape index (κ2) is 4.65.